The van der Waals surface area contributed by atoms with Gasteiger partial charge in [-0.25, -0.2) is 14.5 Å². The Hall–Kier alpha value is -4.14. The lowest BCUT2D eigenvalue weighted by molar-refractivity contribution is 0.144. The van der Waals surface area contributed by atoms with Crippen molar-refractivity contribution in [3.8, 4) is 23.2 Å². The smallest absolute Gasteiger partial charge is 0.457 e. The molecule has 2 heterocycles. The van der Waals surface area contributed by atoms with Gasteiger partial charge in [-0.2, -0.15) is 5.10 Å². The van der Waals surface area contributed by atoms with Crippen molar-refractivity contribution in [2.75, 3.05) is 0 Å². The molecule has 0 saturated heterocycles. The number of hydrogen-bond donors (Lipinski definition) is 2. The molecule has 0 atom stereocenters. The third-order valence-electron chi connectivity index (χ3n) is 3.63. The molecular formula is C18H12N4O5. The summed E-state index contributed by atoms with van der Waals surface area (Å²) < 4.78 is 11.5. The van der Waals surface area contributed by atoms with Gasteiger partial charge < -0.3 is 14.6 Å². The molecule has 27 heavy (non-hydrogen) atoms. The van der Waals surface area contributed by atoms with E-state index in [0.717, 1.165) is 0 Å². The van der Waals surface area contributed by atoms with Gasteiger partial charge in [-0.3, -0.25) is 9.78 Å². The van der Waals surface area contributed by atoms with E-state index in [1.807, 2.05) is 30.3 Å². The Morgan fingerprint density at radius 3 is 2.67 bits per heavy atom. The Morgan fingerprint density at radius 2 is 1.89 bits per heavy atom. The maximum atomic E-state index is 12.3. The highest BCUT2D eigenvalue weighted by atomic mass is 16.7. The molecule has 0 spiro atoms. The van der Waals surface area contributed by atoms with Crippen molar-refractivity contribution >= 4 is 17.1 Å². The van der Waals surface area contributed by atoms with Gasteiger partial charge in [-0.1, -0.05) is 18.2 Å². The first kappa shape index (κ1) is 16.3. The summed E-state index contributed by atoms with van der Waals surface area (Å²) in [6, 6.07) is 14.2. The summed E-state index contributed by atoms with van der Waals surface area (Å²) in [5, 5.41) is 13.0. The van der Waals surface area contributed by atoms with Crippen LogP contribution in [0.15, 0.2) is 65.7 Å². The minimum Gasteiger partial charge on any atom is -0.457 e. The number of nitrogens with zero attached hydrogens (tertiary/aromatic N) is 3. The van der Waals surface area contributed by atoms with Crippen molar-refractivity contribution in [1.29, 1.82) is 0 Å². The molecule has 0 bridgehead atoms. The van der Waals surface area contributed by atoms with Gasteiger partial charge in [0.25, 0.3) is 5.56 Å². The van der Waals surface area contributed by atoms with E-state index in [0.29, 0.717) is 22.4 Å². The molecule has 134 valence electrons. The monoisotopic (exact) mass is 364 g/mol. The molecule has 0 unspecified atom stereocenters. The number of fused-ring (bicyclic) bond motifs is 1. The topological polar surface area (TPSA) is 119 Å². The SMILES string of the molecule is O=C(O)Oc1cnn(-c2nc3cc(Oc4ccccc4)ccc3c(=O)[nH]2)c1. The van der Waals surface area contributed by atoms with Crippen LogP contribution in [0.2, 0.25) is 0 Å². The molecule has 4 aromatic rings. The summed E-state index contributed by atoms with van der Waals surface area (Å²) in [6.45, 7) is 0. The molecule has 9 nitrogen and oxygen atoms in total. The normalized spacial score (nSPS) is 10.7. The molecule has 0 amide bonds. The van der Waals surface area contributed by atoms with Crippen LogP contribution in [0.25, 0.3) is 16.9 Å². The number of para-hydroxylation sites is 1. The molecule has 9 heteroatoms. The first-order valence-electron chi connectivity index (χ1n) is 7.81. The highest BCUT2D eigenvalue weighted by Gasteiger charge is 2.10. The van der Waals surface area contributed by atoms with Gasteiger partial charge >= 0.3 is 6.16 Å². The summed E-state index contributed by atoms with van der Waals surface area (Å²) in [5.74, 6) is 1.30. The van der Waals surface area contributed by atoms with Gasteiger partial charge in [0.2, 0.25) is 5.95 Å². The number of hydrogen-bond acceptors (Lipinski definition) is 6. The number of ether oxygens (including phenoxy) is 2. The van der Waals surface area contributed by atoms with Crippen LogP contribution in [0, 0.1) is 0 Å². The van der Waals surface area contributed by atoms with Crippen LogP contribution in [0.3, 0.4) is 0 Å². The van der Waals surface area contributed by atoms with Crippen LogP contribution in [-0.4, -0.2) is 31.0 Å². The molecule has 0 fully saturated rings. The molecule has 0 aliphatic heterocycles. The van der Waals surface area contributed by atoms with Gasteiger partial charge in [0.05, 0.1) is 23.3 Å². The summed E-state index contributed by atoms with van der Waals surface area (Å²) in [6.07, 6.45) is 1.03. The molecule has 2 N–H and O–H groups in total. The molecule has 0 aliphatic rings. The van der Waals surface area contributed by atoms with E-state index >= 15 is 0 Å². The minimum absolute atomic E-state index is 0.00593. The zero-order chi connectivity index (χ0) is 18.8. The Morgan fingerprint density at radius 1 is 1.07 bits per heavy atom. The van der Waals surface area contributed by atoms with Crippen LogP contribution >= 0.6 is 0 Å². The first-order chi connectivity index (χ1) is 13.1. The zero-order valence-corrected chi connectivity index (χ0v) is 13.7. The lowest BCUT2D eigenvalue weighted by Gasteiger charge is -2.07. The van der Waals surface area contributed by atoms with Crippen molar-refractivity contribution in [3.05, 3.63) is 71.3 Å². The van der Waals surface area contributed by atoms with Gasteiger partial charge in [-0.05, 0) is 24.3 Å². The van der Waals surface area contributed by atoms with Crippen LogP contribution in [0.4, 0.5) is 4.79 Å². The van der Waals surface area contributed by atoms with Crippen molar-refractivity contribution in [1.82, 2.24) is 19.7 Å². The summed E-state index contributed by atoms with van der Waals surface area (Å²) in [4.78, 5) is 29.9. The quantitative estimate of drug-likeness (QED) is 0.534. The van der Waals surface area contributed by atoms with Gasteiger partial charge in [0, 0.05) is 6.07 Å². The predicted octanol–water partition coefficient (Wildman–Crippen LogP) is 2.96. The van der Waals surface area contributed by atoms with E-state index in [9.17, 15) is 9.59 Å². The third-order valence-corrected chi connectivity index (χ3v) is 3.63. The van der Waals surface area contributed by atoms with Crippen LogP contribution in [-0.2, 0) is 0 Å². The lowest BCUT2D eigenvalue weighted by atomic mass is 10.2. The van der Waals surface area contributed by atoms with Crippen molar-refractivity contribution in [2.45, 2.75) is 0 Å². The maximum Gasteiger partial charge on any atom is 0.511 e. The van der Waals surface area contributed by atoms with Crippen LogP contribution < -0.4 is 15.0 Å². The molecular weight excluding hydrogens is 352 g/mol. The second-order valence-electron chi connectivity index (χ2n) is 5.47. The number of aromatic amines is 1. The van der Waals surface area contributed by atoms with E-state index in [2.05, 4.69) is 19.8 Å². The predicted molar refractivity (Wildman–Crippen MR) is 94.7 cm³/mol. The second-order valence-corrected chi connectivity index (χ2v) is 5.47. The summed E-state index contributed by atoms with van der Waals surface area (Å²) >= 11 is 0. The third kappa shape index (κ3) is 3.47. The summed E-state index contributed by atoms with van der Waals surface area (Å²) in [5.41, 5.74) is 0.0378. The number of carbonyl (C=O) groups is 1. The van der Waals surface area contributed by atoms with E-state index < -0.39 is 6.16 Å². The highest BCUT2D eigenvalue weighted by Crippen LogP contribution is 2.23. The molecule has 2 aromatic heterocycles. The number of aromatic nitrogens is 4. The standard InChI is InChI=1S/C18H12N4O5/c23-16-14-7-6-12(26-11-4-2-1-3-5-11)8-15(14)20-17(21-16)22-10-13(9-19-22)27-18(24)25/h1-10H,(H,24,25)(H,20,21,23). The fraction of sp³-hybridized carbons (Fsp3) is 0. The summed E-state index contributed by atoms with van der Waals surface area (Å²) in [7, 11) is 0. The van der Waals surface area contributed by atoms with Crippen molar-refractivity contribution in [2.24, 2.45) is 0 Å². The molecule has 2 aromatic carbocycles. The van der Waals surface area contributed by atoms with Gasteiger partial charge in [-0.15, -0.1) is 0 Å². The fourth-order valence-electron chi connectivity index (χ4n) is 2.48. The molecule has 4 rings (SSSR count). The van der Waals surface area contributed by atoms with E-state index in [1.54, 1.807) is 18.2 Å². The Balaban J connectivity index is 1.71. The molecule has 0 saturated carbocycles. The number of H-pyrrole nitrogens is 1. The number of benzene rings is 2. The van der Waals surface area contributed by atoms with Crippen LogP contribution in [0.1, 0.15) is 0 Å². The molecule has 0 aliphatic carbocycles. The Labute approximate surface area is 151 Å². The maximum absolute atomic E-state index is 12.3. The largest absolute Gasteiger partial charge is 0.511 e. The average molecular weight is 364 g/mol. The first-order valence-corrected chi connectivity index (χ1v) is 7.81. The second kappa shape index (κ2) is 6.64. The van der Waals surface area contributed by atoms with Crippen LogP contribution in [0.5, 0.6) is 17.2 Å². The number of carboxylic acid groups (broad SMARTS) is 1. The fourth-order valence-corrected chi connectivity index (χ4v) is 2.48. The van der Waals surface area contributed by atoms with Gasteiger partial charge in [0.1, 0.15) is 11.5 Å². The van der Waals surface area contributed by atoms with E-state index in [4.69, 9.17) is 9.84 Å². The number of rotatable bonds is 4. The van der Waals surface area contributed by atoms with Crippen molar-refractivity contribution < 1.29 is 19.4 Å². The Bertz CT molecular complexity index is 1180. The lowest BCUT2D eigenvalue weighted by Crippen LogP contribution is -2.13. The van der Waals surface area contributed by atoms with E-state index in [-0.39, 0.29) is 17.3 Å². The van der Waals surface area contributed by atoms with E-state index in [1.165, 1.54) is 17.1 Å². The Kier molecular flexibility index (Phi) is 4.01. The zero-order valence-electron chi connectivity index (χ0n) is 13.7. The van der Waals surface area contributed by atoms with Crippen molar-refractivity contribution in [3.63, 3.8) is 0 Å². The minimum atomic E-state index is -1.46. The number of nitrogens with one attached hydrogen (secondary N) is 1. The molecule has 0 radical (unpaired) electrons. The highest BCUT2D eigenvalue weighted by molar-refractivity contribution is 5.79. The van der Waals surface area contributed by atoms with Gasteiger partial charge in [0.15, 0.2) is 5.75 Å². The average Bonchev–Trinajstić information content (AvgIpc) is 3.10.